The Bertz CT molecular complexity index is 973. The molecule has 0 spiro atoms. The fourth-order valence-corrected chi connectivity index (χ4v) is 4.66. The van der Waals surface area contributed by atoms with E-state index in [1.165, 1.54) is 4.31 Å². The highest BCUT2D eigenvalue weighted by Crippen LogP contribution is 2.27. The van der Waals surface area contributed by atoms with Crippen LogP contribution in [0.25, 0.3) is 0 Å². The summed E-state index contributed by atoms with van der Waals surface area (Å²) in [4.78, 5) is 12.7. The number of amides is 1. The number of aryl methyl sites for hydroxylation is 1. The third-order valence-electron chi connectivity index (χ3n) is 5.04. The molecule has 8 heteroatoms. The Kier molecular flexibility index (Phi) is 9.33. The number of carbonyl (C=O) groups excluding carboxylic acids is 1. The highest BCUT2D eigenvalue weighted by Gasteiger charge is 2.22. The van der Waals surface area contributed by atoms with Crippen molar-refractivity contribution in [2.24, 2.45) is 0 Å². The molecule has 2 aromatic carbocycles. The zero-order valence-electron chi connectivity index (χ0n) is 18.9. The number of rotatable bonds is 12. The monoisotopic (exact) mass is 446 g/mol. The summed E-state index contributed by atoms with van der Waals surface area (Å²) in [6, 6.07) is 12.5. The van der Waals surface area contributed by atoms with E-state index in [2.05, 4.69) is 22.9 Å². The maximum atomic E-state index is 12.9. The predicted octanol–water partition coefficient (Wildman–Crippen LogP) is 4.29. The van der Waals surface area contributed by atoms with Crippen LogP contribution in [0.4, 0.5) is 17.1 Å². The molecule has 0 unspecified atom stereocenters. The van der Waals surface area contributed by atoms with Gasteiger partial charge in [-0.25, -0.2) is 8.42 Å². The molecule has 0 aliphatic carbocycles. The highest BCUT2D eigenvalue weighted by molar-refractivity contribution is 7.89. The van der Waals surface area contributed by atoms with Crippen molar-refractivity contribution >= 4 is 33.0 Å². The third-order valence-corrected chi connectivity index (χ3v) is 7.08. The predicted molar refractivity (Wildman–Crippen MR) is 128 cm³/mol. The van der Waals surface area contributed by atoms with Gasteiger partial charge in [0.1, 0.15) is 0 Å². The van der Waals surface area contributed by atoms with E-state index in [-0.39, 0.29) is 17.3 Å². The van der Waals surface area contributed by atoms with Gasteiger partial charge < -0.3 is 16.0 Å². The number of benzene rings is 2. The maximum Gasteiger partial charge on any atom is 0.243 e. The van der Waals surface area contributed by atoms with Crippen LogP contribution in [0, 0.1) is 6.92 Å². The molecule has 170 valence electrons. The molecule has 0 saturated heterocycles. The summed E-state index contributed by atoms with van der Waals surface area (Å²) in [6.45, 7) is 9.26. The number of hydrogen-bond acceptors (Lipinski definition) is 5. The fraction of sp³-hybridized carbons (Fsp3) is 0.435. The van der Waals surface area contributed by atoms with Gasteiger partial charge in [-0.1, -0.05) is 45.4 Å². The van der Waals surface area contributed by atoms with Gasteiger partial charge >= 0.3 is 0 Å². The molecule has 7 nitrogen and oxygen atoms in total. The van der Waals surface area contributed by atoms with Crippen LogP contribution in [0.15, 0.2) is 47.4 Å². The highest BCUT2D eigenvalue weighted by atomic mass is 32.2. The molecular weight excluding hydrogens is 412 g/mol. The molecule has 0 heterocycles. The number of anilines is 3. The van der Waals surface area contributed by atoms with Gasteiger partial charge in [0.15, 0.2) is 0 Å². The van der Waals surface area contributed by atoms with E-state index < -0.39 is 10.0 Å². The number of carbonyl (C=O) groups is 1. The minimum Gasteiger partial charge on any atom is -0.383 e. The van der Waals surface area contributed by atoms with Gasteiger partial charge in [-0.15, -0.1) is 0 Å². The summed E-state index contributed by atoms with van der Waals surface area (Å²) < 4.78 is 27.3. The number of para-hydroxylation sites is 1. The first kappa shape index (κ1) is 24.7. The fourth-order valence-electron chi connectivity index (χ4n) is 3.18. The summed E-state index contributed by atoms with van der Waals surface area (Å²) >= 11 is 0. The molecule has 3 N–H and O–H groups in total. The molecule has 0 radical (unpaired) electrons. The van der Waals surface area contributed by atoms with Crippen LogP contribution in [-0.4, -0.2) is 44.8 Å². The van der Waals surface area contributed by atoms with Crippen molar-refractivity contribution in [3.63, 3.8) is 0 Å². The van der Waals surface area contributed by atoms with Gasteiger partial charge in [-0.3, -0.25) is 4.79 Å². The largest absolute Gasteiger partial charge is 0.383 e. The van der Waals surface area contributed by atoms with Crippen molar-refractivity contribution in [1.82, 2.24) is 4.31 Å². The van der Waals surface area contributed by atoms with Crippen LogP contribution in [0.2, 0.25) is 0 Å². The summed E-state index contributed by atoms with van der Waals surface area (Å²) in [6.07, 6.45) is 2.04. The second kappa shape index (κ2) is 11.7. The van der Waals surface area contributed by atoms with Gasteiger partial charge in [0.25, 0.3) is 0 Å². The Balaban J connectivity index is 2.22. The zero-order valence-corrected chi connectivity index (χ0v) is 19.7. The molecule has 31 heavy (non-hydrogen) atoms. The number of nitrogens with zero attached hydrogens (tertiary/aromatic N) is 1. The minimum atomic E-state index is -3.59. The SMILES string of the molecule is CCCCNc1ccc(S(=O)(=O)N(CC)CC)cc1NCC(=O)Nc1ccccc1C. The van der Waals surface area contributed by atoms with Crippen molar-refractivity contribution in [1.29, 1.82) is 0 Å². The Morgan fingerprint density at radius 1 is 0.935 bits per heavy atom. The van der Waals surface area contributed by atoms with Gasteiger partial charge in [-0.05, 0) is 43.2 Å². The molecule has 2 rings (SSSR count). The molecule has 0 aliphatic rings. The van der Waals surface area contributed by atoms with Crippen LogP contribution in [0.1, 0.15) is 39.2 Å². The van der Waals surface area contributed by atoms with E-state index in [1.807, 2.05) is 45.0 Å². The van der Waals surface area contributed by atoms with Crippen LogP contribution in [-0.2, 0) is 14.8 Å². The normalized spacial score (nSPS) is 11.4. The lowest BCUT2D eigenvalue weighted by atomic mass is 10.2. The quantitative estimate of drug-likeness (QED) is 0.423. The number of unbranched alkanes of at least 4 members (excludes halogenated alkanes) is 1. The summed E-state index contributed by atoms with van der Waals surface area (Å²) in [5.41, 5.74) is 3.10. The lowest BCUT2D eigenvalue weighted by Crippen LogP contribution is -2.30. The van der Waals surface area contributed by atoms with Gasteiger partial charge in [0, 0.05) is 25.3 Å². The number of sulfonamides is 1. The van der Waals surface area contributed by atoms with Crippen LogP contribution in [0.3, 0.4) is 0 Å². The van der Waals surface area contributed by atoms with Gasteiger partial charge in [-0.2, -0.15) is 4.31 Å². The molecular formula is C23H34N4O3S. The van der Waals surface area contributed by atoms with Crippen LogP contribution in [0.5, 0.6) is 0 Å². The van der Waals surface area contributed by atoms with Crippen LogP contribution < -0.4 is 16.0 Å². The molecule has 2 aromatic rings. The van der Waals surface area contributed by atoms with Crippen molar-refractivity contribution in [3.05, 3.63) is 48.0 Å². The smallest absolute Gasteiger partial charge is 0.243 e. The first-order valence-corrected chi connectivity index (χ1v) is 12.2. The molecule has 1 amide bonds. The average Bonchev–Trinajstić information content (AvgIpc) is 2.75. The van der Waals surface area contributed by atoms with Crippen molar-refractivity contribution in [3.8, 4) is 0 Å². The molecule has 0 aliphatic heterocycles. The number of nitrogens with one attached hydrogen (secondary N) is 3. The first-order chi connectivity index (χ1) is 14.8. The first-order valence-electron chi connectivity index (χ1n) is 10.8. The second-order valence-electron chi connectivity index (χ2n) is 7.29. The molecule has 0 aromatic heterocycles. The Hall–Kier alpha value is -2.58. The van der Waals surface area contributed by atoms with Crippen molar-refractivity contribution in [2.45, 2.75) is 45.4 Å². The Labute approximate surface area is 186 Å². The lowest BCUT2D eigenvalue weighted by Gasteiger charge is -2.20. The topological polar surface area (TPSA) is 90.5 Å². The van der Waals surface area contributed by atoms with E-state index >= 15 is 0 Å². The van der Waals surface area contributed by atoms with E-state index in [9.17, 15) is 13.2 Å². The second-order valence-corrected chi connectivity index (χ2v) is 9.23. The van der Waals surface area contributed by atoms with Gasteiger partial charge in [0.05, 0.1) is 22.8 Å². The molecule has 0 fully saturated rings. The molecule has 0 saturated carbocycles. The van der Waals surface area contributed by atoms with E-state index in [0.29, 0.717) is 18.8 Å². The Morgan fingerprint density at radius 3 is 2.29 bits per heavy atom. The van der Waals surface area contributed by atoms with Crippen molar-refractivity contribution in [2.75, 3.05) is 42.1 Å². The number of hydrogen-bond donors (Lipinski definition) is 3. The summed E-state index contributed by atoms with van der Waals surface area (Å²) in [5.74, 6) is -0.203. The standard InChI is InChI=1S/C23H34N4O3S/c1-5-8-15-24-21-14-13-19(31(29,30)27(6-2)7-3)16-22(21)25-17-23(28)26-20-12-10-9-11-18(20)4/h9-14,16,24-25H,5-8,15,17H2,1-4H3,(H,26,28). The Morgan fingerprint density at radius 2 is 1.65 bits per heavy atom. The van der Waals surface area contributed by atoms with Crippen LogP contribution >= 0.6 is 0 Å². The van der Waals surface area contributed by atoms with Gasteiger partial charge in [0.2, 0.25) is 15.9 Å². The molecule has 0 bridgehead atoms. The third kappa shape index (κ3) is 6.70. The zero-order chi connectivity index (χ0) is 22.9. The van der Waals surface area contributed by atoms with E-state index in [4.69, 9.17) is 0 Å². The summed E-state index contributed by atoms with van der Waals surface area (Å²) in [5, 5.41) is 9.32. The van der Waals surface area contributed by atoms with E-state index in [1.54, 1.807) is 18.2 Å². The summed E-state index contributed by atoms with van der Waals surface area (Å²) in [7, 11) is -3.59. The molecule has 0 atom stereocenters. The van der Waals surface area contributed by atoms with Crippen molar-refractivity contribution < 1.29 is 13.2 Å². The lowest BCUT2D eigenvalue weighted by molar-refractivity contribution is -0.114. The minimum absolute atomic E-state index is 0.0194. The van der Waals surface area contributed by atoms with E-state index in [0.717, 1.165) is 36.3 Å². The maximum absolute atomic E-state index is 12.9. The average molecular weight is 447 g/mol.